The molecule has 3 aromatic rings. The third kappa shape index (κ3) is 5.60. The average molecular weight is 449 g/mol. The highest BCUT2D eigenvalue weighted by molar-refractivity contribution is 7.09. The van der Waals surface area contributed by atoms with Gasteiger partial charge in [0.15, 0.2) is 0 Å². The lowest BCUT2D eigenvalue weighted by Gasteiger charge is -2.35. The monoisotopic (exact) mass is 448 g/mol. The zero-order chi connectivity index (χ0) is 22.2. The minimum Gasteiger partial charge on any atom is -0.496 e. The van der Waals surface area contributed by atoms with Crippen LogP contribution in [0.1, 0.15) is 39.9 Å². The minimum atomic E-state index is -0.145. The Bertz CT molecular complexity index is 1020. The number of aromatic nitrogens is 2. The number of hydrogen-bond donors (Lipinski definition) is 1. The number of thiazole rings is 1. The van der Waals surface area contributed by atoms with Gasteiger partial charge in [0.1, 0.15) is 16.5 Å². The van der Waals surface area contributed by atoms with Crippen LogP contribution in [0.3, 0.4) is 0 Å². The van der Waals surface area contributed by atoms with E-state index in [1.807, 2.05) is 35.7 Å². The summed E-state index contributed by atoms with van der Waals surface area (Å²) in [7, 11) is 1.70. The number of likely N-dealkylation sites (tertiary alicyclic amines) is 1. The van der Waals surface area contributed by atoms with E-state index >= 15 is 0 Å². The number of benzene rings is 1. The van der Waals surface area contributed by atoms with Gasteiger partial charge in [-0.15, -0.1) is 11.3 Å². The van der Waals surface area contributed by atoms with Crippen molar-refractivity contribution < 1.29 is 9.53 Å². The van der Waals surface area contributed by atoms with Crippen molar-refractivity contribution >= 4 is 23.3 Å². The van der Waals surface area contributed by atoms with Crippen LogP contribution < -0.4 is 10.1 Å². The first-order valence-electron chi connectivity index (χ1n) is 10.9. The molecule has 1 aliphatic rings. The van der Waals surface area contributed by atoms with Crippen molar-refractivity contribution in [1.82, 2.24) is 20.2 Å². The molecule has 0 spiro atoms. The number of pyridine rings is 1. The molecule has 4 rings (SSSR count). The Morgan fingerprint density at radius 3 is 2.72 bits per heavy atom. The van der Waals surface area contributed by atoms with Crippen molar-refractivity contribution in [2.45, 2.75) is 18.9 Å². The Kier molecular flexibility index (Phi) is 7.64. The van der Waals surface area contributed by atoms with E-state index in [4.69, 9.17) is 4.74 Å². The second-order valence-electron chi connectivity index (χ2n) is 7.82. The second kappa shape index (κ2) is 11.0. The minimum absolute atomic E-state index is 0.0872. The molecular formula is C25H28N4O2S. The molecule has 1 saturated heterocycles. The molecule has 2 aromatic heterocycles. The molecule has 32 heavy (non-hydrogen) atoms. The van der Waals surface area contributed by atoms with Crippen molar-refractivity contribution in [2.75, 3.05) is 26.7 Å². The Labute approximate surface area is 193 Å². The number of amides is 1. The lowest BCUT2D eigenvalue weighted by atomic mass is 9.89. The number of rotatable bonds is 8. The number of carbonyl (C=O) groups excluding carboxylic acids is 1. The van der Waals surface area contributed by atoms with Gasteiger partial charge in [0.05, 0.1) is 13.2 Å². The molecule has 0 bridgehead atoms. The lowest BCUT2D eigenvalue weighted by Crippen LogP contribution is -2.41. The van der Waals surface area contributed by atoms with Gasteiger partial charge >= 0.3 is 0 Å². The Balaban J connectivity index is 1.35. The van der Waals surface area contributed by atoms with Gasteiger partial charge in [0.25, 0.3) is 5.91 Å². The Morgan fingerprint density at radius 1 is 1.19 bits per heavy atom. The van der Waals surface area contributed by atoms with E-state index in [9.17, 15) is 4.79 Å². The van der Waals surface area contributed by atoms with Gasteiger partial charge in [0.2, 0.25) is 0 Å². The van der Waals surface area contributed by atoms with Gasteiger partial charge in [-0.3, -0.25) is 14.7 Å². The highest BCUT2D eigenvalue weighted by Crippen LogP contribution is 2.32. The third-order valence-electron chi connectivity index (χ3n) is 5.81. The smallest absolute Gasteiger partial charge is 0.270 e. The first kappa shape index (κ1) is 22.2. The summed E-state index contributed by atoms with van der Waals surface area (Å²) in [5.74, 6) is 1.09. The second-order valence-corrected chi connectivity index (χ2v) is 8.74. The molecule has 1 amide bonds. The molecule has 7 heteroatoms. The maximum Gasteiger partial charge on any atom is 0.270 e. The summed E-state index contributed by atoms with van der Waals surface area (Å²) >= 11 is 1.59. The van der Waals surface area contributed by atoms with Crippen LogP contribution in [0.5, 0.6) is 5.75 Å². The summed E-state index contributed by atoms with van der Waals surface area (Å²) in [6.07, 6.45) is 9.78. The molecule has 0 saturated carbocycles. The van der Waals surface area contributed by atoms with Crippen molar-refractivity contribution in [1.29, 1.82) is 0 Å². The molecule has 1 N–H and O–H groups in total. The summed E-state index contributed by atoms with van der Waals surface area (Å²) in [5.41, 5.74) is 1.53. The van der Waals surface area contributed by atoms with Crippen LogP contribution in [0.25, 0.3) is 6.08 Å². The molecule has 166 valence electrons. The molecule has 1 fully saturated rings. The SMILES string of the molecule is COc1ccccc1/C=C/CN1CCC(C(NC(=O)c2ccccn2)c2nccs2)CC1. The number of para-hydroxylation sites is 1. The zero-order valence-electron chi connectivity index (χ0n) is 18.2. The quantitative estimate of drug-likeness (QED) is 0.552. The molecular weight excluding hydrogens is 420 g/mol. The van der Waals surface area contributed by atoms with Gasteiger partial charge in [-0.1, -0.05) is 36.4 Å². The van der Waals surface area contributed by atoms with Crippen LogP contribution in [0.15, 0.2) is 66.3 Å². The maximum atomic E-state index is 12.8. The molecule has 6 nitrogen and oxygen atoms in total. The molecule has 0 radical (unpaired) electrons. The van der Waals surface area contributed by atoms with E-state index in [2.05, 4.69) is 38.4 Å². The van der Waals surface area contributed by atoms with Gasteiger partial charge in [0, 0.05) is 29.9 Å². The van der Waals surface area contributed by atoms with Gasteiger partial charge < -0.3 is 10.1 Å². The summed E-state index contributed by atoms with van der Waals surface area (Å²) < 4.78 is 5.42. The number of nitrogens with one attached hydrogen (secondary N) is 1. The highest BCUT2D eigenvalue weighted by Gasteiger charge is 2.30. The summed E-state index contributed by atoms with van der Waals surface area (Å²) in [6.45, 7) is 2.87. The topological polar surface area (TPSA) is 67.3 Å². The van der Waals surface area contributed by atoms with E-state index in [1.165, 1.54) is 0 Å². The fourth-order valence-corrected chi connectivity index (χ4v) is 4.86. The summed E-state index contributed by atoms with van der Waals surface area (Å²) in [5, 5.41) is 6.12. The number of methoxy groups -OCH3 is 1. The summed E-state index contributed by atoms with van der Waals surface area (Å²) in [4.78, 5) is 23.9. The predicted octanol–water partition coefficient (Wildman–Crippen LogP) is 4.44. The van der Waals surface area contributed by atoms with E-state index in [0.29, 0.717) is 11.6 Å². The maximum absolute atomic E-state index is 12.8. The van der Waals surface area contributed by atoms with Crippen molar-refractivity contribution in [2.24, 2.45) is 5.92 Å². The third-order valence-corrected chi connectivity index (χ3v) is 6.66. The highest BCUT2D eigenvalue weighted by atomic mass is 32.1. The first-order chi connectivity index (χ1) is 15.7. The van der Waals surface area contributed by atoms with Gasteiger partial charge in [-0.25, -0.2) is 4.98 Å². The van der Waals surface area contributed by atoms with Gasteiger partial charge in [-0.05, 0) is 50.0 Å². The molecule has 1 atom stereocenters. The van der Waals surface area contributed by atoms with Crippen LogP contribution in [0.2, 0.25) is 0 Å². The fraction of sp³-hybridized carbons (Fsp3) is 0.320. The predicted molar refractivity (Wildman–Crippen MR) is 128 cm³/mol. The average Bonchev–Trinajstić information content (AvgIpc) is 3.38. The van der Waals surface area contributed by atoms with Crippen LogP contribution in [-0.2, 0) is 0 Å². The van der Waals surface area contributed by atoms with Crippen LogP contribution in [0.4, 0.5) is 0 Å². The van der Waals surface area contributed by atoms with Gasteiger partial charge in [-0.2, -0.15) is 0 Å². The molecule has 1 aliphatic heterocycles. The fourth-order valence-electron chi connectivity index (χ4n) is 4.08. The number of carbonyl (C=O) groups is 1. The van der Waals surface area contributed by atoms with E-state index in [0.717, 1.165) is 48.8 Å². The summed E-state index contributed by atoms with van der Waals surface area (Å²) in [6, 6.07) is 13.3. The van der Waals surface area contributed by atoms with Crippen LogP contribution >= 0.6 is 11.3 Å². The zero-order valence-corrected chi connectivity index (χ0v) is 19.0. The molecule has 0 aliphatic carbocycles. The lowest BCUT2D eigenvalue weighted by molar-refractivity contribution is 0.0892. The first-order valence-corrected chi connectivity index (χ1v) is 11.8. The molecule has 1 unspecified atom stereocenters. The largest absolute Gasteiger partial charge is 0.496 e. The van der Waals surface area contributed by atoms with Crippen molar-refractivity contribution in [3.05, 3.63) is 82.6 Å². The number of piperidine rings is 1. The van der Waals surface area contributed by atoms with E-state index in [-0.39, 0.29) is 11.9 Å². The van der Waals surface area contributed by atoms with Crippen molar-refractivity contribution in [3.63, 3.8) is 0 Å². The number of hydrogen-bond acceptors (Lipinski definition) is 6. The Morgan fingerprint density at radius 2 is 2.00 bits per heavy atom. The Hall–Kier alpha value is -3.03. The normalized spacial score (nSPS) is 16.2. The number of ether oxygens (including phenoxy) is 1. The van der Waals surface area contributed by atoms with Crippen LogP contribution in [0, 0.1) is 5.92 Å². The van der Waals surface area contributed by atoms with E-state index in [1.54, 1.807) is 36.9 Å². The molecule has 1 aromatic carbocycles. The van der Waals surface area contributed by atoms with E-state index < -0.39 is 0 Å². The van der Waals surface area contributed by atoms with Crippen molar-refractivity contribution in [3.8, 4) is 5.75 Å². The van der Waals surface area contributed by atoms with Crippen LogP contribution in [-0.4, -0.2) is 47.5 Å². The standard InChI is InChI=1S/C25H28N4O2S/c1-31-22-10-3-2-7-19(22)8-6-15-29-16-11-20(12-17-29)23(25-27-14-18-32-25)28-24(30)21-9-4-5-13-26-21/h2-10,13-14,18,20,23H,11-12,15-17H2,1H3,(H,28,30)/b8-6+. The molecule has 3 heterocycles. The number of nitrogens with zero attached hydrogens (tertiary/aromatic N) is 3.